The van der Waals surface area contributed by atoms with Gasteiger partial charge in [0.2, 0.25) is 11.9 Å². The molecule has 0 aliphatic rings. The Kier molecular flexibility index (Phi) is 6.26. The summed E-state index contributed by atoms with van der Waals surface area (Å²) in [6.07, 6.45) is 5.77. The fourth-order valence-corrected chi connectivity index (χ4v) is 3.08. The summed E-state index contributed by atoms with van der Waals surface area (Å²) in [7, 11) is 1.75. The molecule has 0 bridgehead atoms. The summed E-state index contributed by atoms with van der Waals surface area (Å²) in [6.45, 7) is 3.41. The van der Waals surface area contributed by atoms with E-state index in [-0.39, 0.29) is 28.8 Å². The minimum absolute atomic E-state index is 0.0305. The monoisotopic (exact) mass is 465 g/mol. The van der Waals surface area contributed by atoms with Gasteiger partial charge in [0.15, 0.2) is 17.5 Å². The van der Waals surface area contributed by atoms with E-state index >= 15 is 0 Å². The quantitative estimate of drug-likeness (QED) is 0.265. The Hall–Kier alpha value is -4.67. The molecule has 1 amide bonds. The first kappa shape index (κ1) is 22.5. The number of aromatic nitrogens is 4. The molecule has 0 radical (unpaired) electrons. The van der Waals surface area contributed by atoms with Gasteiger partial charge in [0.05, 0.1) is 11.9 Å². The first-order valence-corrected chi connectivity index (χ1v) is 9.90. The molecule has 8 nitrogen and oxygen atoms in total. The zero-order valence-electron chi connectivity index (χ0n) is 17.8. The van der Waals surface area contributed by atoms with Crippen LogP contribution in [0.2, 0.25) is 0 Å². The third kappa shape index (κ3) is 5.04. The van der Waals surface area contributed by atoms with Gasteiger partial charge in [0, 0.05) is 36.4 Å². The van der Waals surface area contributed by atoms with Gasteiger partial charge in [0.25, 0.3) is 0 Å². The zero-order valence-corrected chi connectivity index (χ0v) is 17.8. The first-order chi connectivity index (χ1) is 16.3. The van der Waals surface area contributed by atoms with E-state index in [4.69, 9.17) is 0 Å². The number of anilines is 5. The van der Waals surface area contributed by atoms with Crippen LogP contribution in [0.3, 0.4) is 0 Å². The third-order valence-corrected chi connectivity index (χ3v) is 4.62. The Labute approximate surface area is 192 Å². The summed E-state index contributed by atoms with van der Waals surface area (Å²) in [5.74, 6) is -4.28. The number of rotatable bonds is 7. The number of halogens is 3. The predicted molar refractivity (Wildman–Crippen MR) is 122 cm³/mol. The summed E-state index contributed by atoms with van der Waals surface area (Å²) in [5, 5.41) is 12.7. The summed E-state index contributed by atoms with van der Waals surface area (Å²) >= 11 is 0. The molecule has 0 atom stereocenters. The van der Waals surface area contributed by atoms with Gasteiger partial charge in [0.1, 0.15) is 5.82 Å². The molecule has 2 heterocycles. The van der Waals surface area contributed by atoms with Crippen LogP contribution < -0.4 is 16.0 Å². The van der Waals surface area contributed by atoms with Crippen LogP contribution in [0.5, 0.6) is 0 Å². The Morgan fingerprint density at radius 3 is 2.44 bits per heavy atom. The lowest BCUT2D eigenvalue weighted by Gasteiger charge is -2.14. The zero-order chi connectivity index (χ0) is 24.2. The summed E-state index contributed by atoms with van der Waals surface area (Å²) < 4.78 is 42.9. The number of carbonyl (C=O) groups is 1. The topological polar surface area (TPSA) is 96.8 Å². The highest BCUT2D eigenvalue weighted by Gasteiger charge is 2.16. The molecule has 0 saturated heterocycles. The summed E-state index contributed by atoms with van der Waals surface area (Å²) in [4.78, 5) is 20.2. The molecule has 0 fully saturated rings. The van der Waals surface area contributed by atoms with Crippen molar-refractivity contribution < 1.29 is 18.0 Å². The largest absolute Gasteiger partial charge is 0.339 e. The number of benzene rings is 2. The second-order valence-corrected chi connectivity index (χ2v) is 7.14. The molecule has 0 spiro atoms. The minimum Gasteiger partial charge on any atom is -0.339 e. The van der Waals surface area contributed by atoms with Crippen LogP contribution in [0.15, 0.2) is 67.6 Å². The second kappa shape index (κ2) is 9.45. The Morgan fingerprint density at radius 2 is 1.76 bits per heavy atom. The smallest absolute Gasteiger partial charge is 0.247 e. The maximum Gasteiger partial charge on any atom is 0.247 e. The molecule has 0 unspecified atom stereocenters. The van der Waals surface area contributed by atoms with Gasteiger partial charge in [-0.1, -0.05) is 12.6 Å². The molecule has 0 aliphatic carbocycles. The number of aryl methyl sites for hydroxylation is 1. The average Bonchev–Trinajstić information content (AvgIpc) is 3.22. The van der Waals surface area contributed by atoms with Crippen molar-refractivity contribution in [3.63, 3.8) is 0 Å². The van der Waals surface area contributed by atoms with Crippen molar-refractivity contribution in [2.75, 3.05) is 16.0 Å². The van der Waals surface area contributed by atoms with Crippen molar-refractivity contribution in [3.8, 4) is 11.1 Å². The van der Waals surface area contributed by atoms with Crippen molar-refractivity contribution in [1.29, 1.82) is 0 Å². The van der Waals surface area contributed by atoms with Crippen LogP contribution in [0.4, 0.5) is 42.0 Å². The normalized spacial score (nSPS) is 10.6. The van der Waals surface area contributed by atoms with Crippen LogP contribution >= 0.6 is 0 Å². The highest BCUT2D eigenvalue weighted by atomic mass is 19.2. The Bertz CT molecular complexity index is 1360. The average molecular weight is 465 g/mol. The van der Waals surface area contributed by atoms with Gasteiger partial charge in [-0.3, -0.25) is 9.48 Å². The van der Waals surface area contributed by atoms with E-state index in [2.05, 4.69) is 37.6 Å². The lowest BCUT2D eigenvalue weighted by molar-refractivity contribution is -0.111. The summed E-state index contributed by atoms with van der Waals surface area (Å²) in [5.41, 5.74) is 1.86. The predicted octanol–water partition coefficient (Wildman–Crippen LogP) is 4.91. The van der Waals surface area contributed by atoms with E-state index in [0.717, 1.165) is 18.2 Å². The maximum atomic E-state index is 13.9. The maximum absolute atomic E-state index is 13.9. The molecule has 2 aromatic carbocycles. The molecular formula is C23H18F3N7O. The third-order valence-electron chi connectivity index (χ3n) is 4.62. The van der Waals surface area contributed by atoms with Crippen molar-refractivity contribution in [2.45, 2.75) is 0 Å². The second-order valence-electron chi connectivity index (χ2n) is 7.14. The Morgan fingerprint density at radius 1 is 1.03 bits per heavy atom. The molecule has 4 rings (SSSR count). The number of nitrogens with one attached hydrogen (secondary N) is 3. The van der Waals surface area contributed by atoms with Crippen molar-refractivity contribution in [3.05, 3.63) is 85.1 Å². The van der Waals surface area contributed by atoms with Gasteiger partial charge in [-0.05, 0) is 42.0 Å². The molecule has 172 valence electrons. The summed E-state index contributed by atoms with van der Waals surface area (Å²) in [6, 6.07) is 8.42. The fourth-order valence-electron chi connectivity index (χ4n) is 3.08. The molecule has 34 heavy (non-hydrogen) atoms. The molecular weight excluding hydrogens is 447 g/mol. The fraction of sp³-hybridized carbons (Fsp3) is 0.0435. The van der Waals surface area contributed by atoms with Gasteiger partial charge in [-0.15, -0.1) is 0 Å². The van der Waals surface area contributed by atoms with Crippen LogP contribution in [0, 0.1) is 17.5 Å². The first-order valence-electron chi connectivity index (χ1n) is 9.90. The van der Waals surface area contributed by atoms with Crippen LogP contribution in [-0.2, 0) is 11.8 Å². The molecule has 2 aromatic heterocycles. The van der Waals surface area contributed by atoms with E-state index in [1.807, 2.05) is 0 Å². The van der Waals surface area contributed by atoms with E-state index in [9.17, 15) is 18.0 Å². The molecule has 3 N–H and O–H groups in total. The van der Waals surface area contributed by atoms with E-state index in [1.165, 1.54) is 6.20 Å². The number of carbonyl (C=O) groups excluding carboxylic acids is 1. The highest BCUT2D eigenvalue weighted by Crippen LogP contribution is 2.32. The van der Waals surface area contributed by atoms with Crippen LogP contribution in [-0.4, -0.2) is 25.7 Å². The Balaban J connectivity index is 1.74. The van der Waals surface area contributed by atoms with Gasteiger partial charge in [-0.25, -0.2) is 18.2 Å². The van der Waals surface area contributed by atoms with E-state index in [1.54, 1.807) is 48.4 Å². The van der Waals surface area contributed by atoms with Crippen molar-refractivity contribution >= 4 is 34.7 Å². The number of nitrogens with zero attached hydrogens (tertiary/aromatic N) is 4. The van der Waals surface area contributed by atoms with E-state index < -0.39 is 17.5 Å². The van der Waals surface area contributed by atoms with Gasteiger partial charge >= 0.3 is 0 Å². The van der Waals surface area contributed by atoms with Crippen LogP contribution in [0.1, 0.15) is 0 Å². The minimum atomic E-state index is -1.57. The van der Waals surface area contributed by atoms with Crippen LogP contribution in [0.25, 0.3) is 11.1 Å². The van der Waals surface area contributed by atoms with E-state index in [0.29, 0.717) is 17.1 Å². The lowest BCUT2D eigenvalue weighted by Crippen LogP contribution is -2.07. The number of hydrogen-bond donors (Lipinski definition) is 3. The lowest BCUT2D eigenvalue weighted by atomic mass is 10.1. The molecule has 0 aliphatic heterocycles. The SMILES string of the molecule is C=CC(=O)Nc1cccc(Nc2nc(Nc3cnn(C)c3)ncc2-c2cc(F)c(F)c(F)c2)c1. The van der Waals surface area contributed by atoms with Crippen molar-refractivity contribution in [1.82, 2.24) is 19.7 Å². The molecule has 4 aromatic rings. The van der Waals surface area contributed by atoms with Gasteiger partial charge in [-0.2, -0.15) is 10.1 Å². The molecule has 0 saturated carbocycles. The van der Waals surface area contributed by atoms with Crippen molar-refractivity contribution in [2.24, 2.45) is 7.05 Å². The van der Waals surface area contributed by atoms with Gasteiger partial charge < -0.3 is 16.0 Å². The highest BCUT2D eigenvalue weighted by molar-refractivity contribution is 5.99. The number of amides is 1. The molecule has 11 heteroatoms. The number of hydrogen-bond acceptors (Lipinski definition) is 6. The standard InChI is InChI=1S/C23H18F3N7O/c1-3-20(34)29-14-5-4-6-15(9-14)30-22-17(13-7-18(24)21(26)19(25)8-13)11-27-23(32-22)31-16-10-28-33(2)12-16/h3-12H,1H2,2H3,(H,29,34)(H2,27,30,31,32).